The lowest BCUT2D eigenvalue weighted by molar-refractivity contribution is -0.137. The SMILES string of the molecule is OCc1ccc(NCc2ccc(C(F)(F)F)cc2)cc1. The van der Waals surface area contributed by atoms with Crippen molar-refractivity contribution in [2.24, 2.45) is 0 Å². The molecule has 0 amide bonds. The molecule has 106 valence electrons. The monoisotopic (exact) mass is 281 g/mol. The molecule has 0 radical (unpaired) electrons. The fraction of sp³-hybridized carbons (Fsp3) is 0.200. The van der Waals surface area contributed by atoms with Crippen molar-refractivity contribution in [3.63, 3.8) is 0 Å². The van der Waals surface area contributed by atoms with Crippen molar-refractivity contribution in [2.45, 2.75) is 19.3 Å². The van der Waals surface area contributed by atoms with Crippen molar-refractivity contribution >= 4 is 5.69 Å². The Morgan fingerprint density at radius 3 is 1.90 bits per heavy atom. The summed E-state index contributed by atoms with van der Waals surface area (Å²) in [4.78, 5) is 0. The van der Waals surface area contributed by atoms with Crippen molar-refractivity contribution < 1.29 is 18.3 Å². The predicted molar refractivity (Wildman–Crippen MR) is 71.1 cm³/mol. The maximum absolute atomic E-state index is 12.4. The lowest BCUT2D eigenvalue weighted by Crippen LogP contribution is -2.05. The van der Waals surface area contributed by atoms with E-state index in [0.29, 0.717) is 6.54 Å². The minimum absolute atomic E-state index is 0.0147. The lowest BCUT2D eigenvalue weighted by Gasteiger charge is -2.09. The van der Waals surface area contributed by atoms with E-state index < -0.39 is 11.7 Å². The highest BCUT2D eigenvalue weighted by Gasteiger charge is 2.29. The number of hydrogen-bond donors (Lipinski definition) is 2. The molecule has 0 unspecified atom stereocenters. The molecule has 5 heteroatoms. The van der Waals surface area contributed by atoms with Gasteiger partial charge in [0.1, 0.15) is 0 Å². The van der Waals surface area contributed by atoms with Gasteiger partial charge in [0.2, 0.25) is 0 Å². The summed E-state index contributed by atoms with van der Waals surface area (Å²) in [5.74, 6) is 0. The zero-order chi connectivity index (χ0) is 14.6. The quantitative estimate of drug-likeness (QED) is 0.893. The molecule has 0 heterocycles. The van der Waals surface area contributed by atoms with Gasteiger partial charge in [-0.25, -0.2) is 0 Å². The van der Waals surface area contributed by atoms with Gasteiger partial charge in [0.25, 0.3) is 0 Å². The zero-order valence-electron chi connectivity index (χ0n) is 10.6. The van der Waals surface area contributed by atoms with E-state index in [1.807, 2.05) is 12.1 Å². The molecule has 0 aromatic heterocycles. The van der Waals surface area contributed by atoms with E-state index in [-0.39, 0.29) is 6.61 Å². The highest BCUT2D eigenvalue weighted by molar-refractivity contribution is 5.45. The molecular weight excluding hydrogens is 267 g/mol. The van der Waals surface area contributed by atoms with Gasteiger partial charge in [-0.15, -0.1) is 0 Å². The molecule has 2 rings (SSSR count). The third kappa shape index (κ3) is 3.74. The molecule has 20 heavy (non-hydrogen) atoms. The van der Waals surface area contributed by atoms with Gasteiger partial charge in [-0.3, -0.25) is 0 Å². The number of rotatable bonds is 4. The Morgan fingerprint density at radius 1 is 0.850 bits per heavy atom. The smallest absolute Gasteiger partial charge is 0.392 e. The maximum Gasteiger partial charge on any atom is 0.416 e. The topological polar surface area (TPSA) is 32.3 Å². The van der Waals surface area contributed by atoms with Crippen LogP contribution in [-0.2, 0) is 19.3 Å². The third-order valence-electron chi connectivity index (χ3n) is 2.91. The van der Waals surface area contributed by atoms with Crippen LogP contribution in [0.4, 0.5) is 18.9 Å². The fourth-order valence-electron chi connectivity index (χ4n) is 1.74. The van der Waals surface area contributed by atoms with E-state index in [1.54, 1.807) is 12.1 Å². The molecule has 0 aliphatic carbocycles. The Labute approximate surface area is 114 Å². The van der Waals surface area contributed by atoms with Gasteiger partial charge in [-0.2, -0.15) is 13.2 Å². The van der Waals surface area contributed by atoms with E-state index in [1.165, 1.54) is 12.1 Å². The van der Waals surface area contributed by atoms with Crippen molar-refractivity contribution in [3.05, 3.63) is 65.2 Å². The van der Waals surface area contributed by atoms with Crippen molar-refractivity contribution in [3.8, 4) is 0 Å². The van der Waals surface area contributed by atoms with E-state index >= 15 is 0 Å². The van der Waals surface area contributed by atoms with E-state index in [0.717, 1.165) is 28.9 Å². The van der Waals surface area contributed by atoms with Crippen molar-refractivity contribution in [1.29, 1.82) is 0 Å². The van der Waals surface area contributed by atoms with Crippen LogP contribution in [0.25, 0.3) is 0 Å². The summed E-state index contributed by atoms with van der Waals surface area (Å²) >= 11 is 0. The Balaban J connectivity index is 1.96. The van der Waals surface area contributed by atoms with Gasteiger partial charge in [0.05, 0.1) is 12.2 Å². The van der Waals surface area contributed by atoms with Crippen LogP contribution >= 0.6 is 0 Å². The van der Waals surface area contributed by atoms with Crippen LogP contribution in [0.2, 0.25) is 0 Å². The largest absolute Gasteiger partial charge is 0.416 e. The third-order valence-corrected chi connectivity index (χ3v) is 2.91. The Hall–Kier alpha value is -2.01. The average Bonchev–Trinajstić information content (AvgIpc) is 2.45. The highest BCUT2D eigenvalue weighted by Crippen LogP contribution is 2.29. The minimum atomic E-state index is -4.30. The van der Waals surface area contributed by atoms with Crippen LogP contribution in [0.5, 0.6) is 0 Å². The van der Waals surface area contributed by atoms with E-state index in [9.17, 15) is 13.2 Å². The molecule has 2 N–H and O–H groups in total. The molecule has 0 saturated heterocycles. The van der Waals surface area contributed by atoms with Crippen LogP contribution in [0.15, 0.2) is 48.5 Å². The summed E-state index contributed by atoms with van der Waals surface area (Å²) in [6.07, 6.45) is -4.30. The first-order valence-corrected chi connectivity index (χ1v) is 6.09. The standard InChI is InChI=1S/C15H14F3NO/c16-15(17,18)13-5-1-11(2-6-13)9-19-14-7-3-12(10-20)4-8-14/h1-8,19-20H,9-10H2. The van der Waals surface area contributed by atoms with Gasteiger partial charge >= 0.3 is 6.18 Å². The predicted octanol–water partition coefficient (Wildman–Crippen LogP) is 3.81. The molecular formula is C15H14F3NO. The fourth-order valence-corrected chi connectivity index (χ4v) is 1.74. The van der Waals surface area contributed by atoms with Crippen molar-refractivity contribution in [2.75, 3.05) is 5.32 Å². The molecule has 2 aromatic carbocycles. The Bertz CT molecular complexity index is 547. The molecule has 0 fully saturated rings. The highest BCUT2D eigenvalue weighted by atomic mass is 19.4. The Morgan fingerprint density at radius 2 is 1.40 bits per heavy atom. The first kappa shape index (κ1) is 14.4. The summed E-state index contributed by atoms with van der Waals surface area (Å²) in [5.41, 5.74) is 1.78. The number of halogens is 3. The molecule has 0 aliphatic rings. The average molecular weight is 281 g/mol. The summed E-state index contributed by atoms with van der Waals surface area (Å²) in [7, 11) is 0. The zero-order valence-corrected chi connectivity index (χ0v) is 10.6. The van der Waals surface area contributed by atoms with Crippen LogP contribution in [0, 0.1) is 0 Å². The van der Waals surface area contributed by atoms with Gasteiger partial charge in [0, 0.05) is 12.2 Å². The summed E-state index contributed by atoms with van der Waals surface area (Å²) in [6, 6.07) is 12.3. The number of aliphatic hydroxyl groups excluding tert-OH is 1. The van der Waals surface area contributed by atoms with E-state index in [4.69, 9.17) is 5.11 Å². The van der Waals surface area contributed by atoms with Crippen molar-refractivity contribution in [1.82, 2.24) is 0 Å². The van der Waals surface area contributed by atoms with Crippen LogP contribution in [0.3, 0.4) is 0 Å². The van der Waals surface area contributed by atoms with Gasteiger partial charge < -0.3 is 10.4 Å². The number of nitrogens with one attached hydrogen (secondary N) is 1. The number of alkyl halides is 3. The van der Waals surface area contributed by atoms with E-state index in [2.05, 4.69) is 5.32 Å². The van der Waals surface area contributed by atoms with Gasteiger partial charge in [0.15, 0.2) is 0 Å². The first-order valence-electron chi connectivity index (χ1n) is 6.09. The summed E-state index contributed by atoms with van der Waals surface area (Å²) in [5, 5.41) is 12.0. The Kier molecular flexibility index (Phi) is 4.29. The second-order valence-electron chi connectivity index (χ2n) is 4.40. The normalized spacial score (nSPS) is 11.4. The maximum atomic E-state index is 12.4. The van der Waals surface area contributed by atoms with Crippen LogP contribution < -0.4 is 5.32 Å². The molecule has 0 atom stereocenters. The molecule has 0 saturated carbocycles. The number of benzene rings is 2. The second kappa shape index (κ2) is 5.96. The molecule has 2 aromatic rings. The van der Waals surface area contributed by atoms with Gasteiger partial charge in [-0.05, 0) is 35.4 Å². The number of anilines is 1. The molecule has 0 aliphatic heterocycles. The van der Waals surface area contributed by atoms with Crippen LogP contribution in [-0.4, -0.2) is 5.11 Å². The summed E-state index contributed by atoms with van der Waals surface area (Å²) in [6.45, 7) is 0.426. The first-order chi connectivity index (χ1) is 9.49. The minimum Gasteiger partial charge on any atom is -0.392 e. The molecule has 0 spiro atoms. The summed E-state index contributed by atoms with van der Waals surface area (Å²) < 4.78 is 37.2. The van der Waals surface area contributed by atoms with Gasteiger partial charge in [-0.1, -0.05) is 24.3 Å². The lowest BCUT2D eigenvalue weighted by atomic mass is 10.1. The molecule has 0 bridgehead atoms. The molecule has 2 nitrogen and oxygen atoms in total. The number of aliphatic hydroxyl groups is 1. The number of hydrogen-bond acceptors (Lipinski definition) is 2. The van der Waals surface area contributed by atoms with Crippen LogP contribution in [0.1, 0.15) is 16.7 Å². The second-order valence-corrected chi connectivity index (χ2v) is 4.40.